The van der Waals surface area contributed by atoms with Gasteiger partial charge in [0.05, 0.1) is 9.71 Å². The van der Waals surface area contributed by atoms with Gasteiger partial charge in [-0.15, -0.1) is 22.9 Å². The zero-order valence-corrected chi connectivity index (χ0v) is 12.6. The van der Waals surface area contributed by atoms with Gasteiger partial charge in [0.25, 0.3) is 0 Å². The van der Waals surface area contributed by atoms with Gasteiger partial charge in [0.1, 0.15) is 0 Å². The maximum atomic E-state index is 6.57. The number of alkyl halides is 1. The Kier molecular flexibility index (Phi) is 6.17. The fraction of sp³-hybridized carbons (Fsp3) is 0.692. The van der Waals surface area contributed by atoms with Crippen LogP contribution in [0.3, 0.4) is 0 Å². The molecular weight excluding hydrogens is 259 g/mol. The van der Waals surface area contributed by atoms with Gasteiger partial charge >= 0.3 is 0 Å². The van der Waals surface area contributed by atoms with Crippen molar-refractivity contribution in [2.75, 3.05) is 0 Å². The van der Waals surface area contributed by atoms with Crippen molar-refractivity contribution in [1.29, 1.82) is 0 Å². The van der Waals surface area contributed by atoms with Gasteiger partial charge < -0.3 is 0 Å². The molecule has 3 heteroatoms. The van der Waals surface area contributed by atoms with Crippen molar-refractivity contribution < 1.29 is 0 Å². The molecule has 0 fully saturated rings. The van der Waals surface area contributed by atoms with Crippen LogP contribution in [0.15, 0.2) is 6.07 Å². The SMILES string of the molecule is CCCC(CCC)C(Cl)c1cc(C)c(Cl)s1. The third-order valence-electron chi connectivity index (χ3n) is 2.88. The Labute approximate surface area is 113 Å². The van der Waals surface area contributed by atoms with Crippen LogP contribution >= 0.6 is 34.5 Å². The van der Waals surface area contributed by atoms with Crippen LogP contribution in [-0.2, 0) is 0 Å². The van der Waals surface area contributed by atoms with E-state index in [0.717, 1.165) is 9.90 Å². The zero-order valence-electron chi connectivity index (χ0n) is 10.2. The van der Waals surface area contributed by atoms with Gasteiger partial charge in [-0.2, -0.15) is 0 Å². The molecule has 0 spiro atoms. The summed E-state index contributed by atoms with van der Waals surface area (Å²) in [6, 6.07) is 2.14. The number of hydrogen-bond acceptors (Lipinski definition) is 1. The quantitative estimate of drug-likeness (QED) is 0.543. The smallest absolute Gasteiger partial charge is 0.0960 e. The van der Waals surface area contributed by atoms with Gasteiger partial charge in [-0.3, -0.25) is 0 Å². The Morgan fingerprint density at radius 3 is 2.19 bits per heavy atom. The maximum Gasteiger partial charge on any atom is 0.0960 e. The summed E-state index contributed by atoms with van der Waals surface area (Å²) in [5, 5.41) is 0.135. The lowest BCUT2D eigenvalue weighted by Crippen LogP contribution is -2.06. The fourth-order valence-corrected chi connectivity index (χ4v) is 3.77. The minimum Gasteiger partial charge on any atom is -0.127 e. The highest BCUT2D eigenvalue weighted by Crippen LogP contribution is 2.41. The van der Waals surface area contributed by atoms with E-state index in [9.17, 15) is 0 Å². The molecule has 1 atom stereocenters. The lowest BCUT2D eigenvalue weighted by atomic mass is 9.93. The summed E-state index contributed by atoms with van der Waals surface area (Å²) in [5.41, 5.74) is 1.15. The Balaban J connectivity index is 2.76. The van der Waals surface area contributed by atoms with Gasteiger partial charge in [-0.1, -0.05) is 38.3 Å². The maximum absolute atomic E-state index is 6.57. The van der Waals surface area contributed by atoms with Gasteiger partial charge in [0, 0.05) is 4.88 Å². The standard InChI is InChI=1S/C13H20Cl2S/c1-4-6-10(7-5-2)12(14)11-8-9(3)13(15)16-11/h8,10,12H,4-7H2,1-3H3. The Morgan fingerprint density at radius 2 is 1.81 bits per heavy atom. The van der Waals surface area contributed by atoms with E-state index >= 15 is 0 Å². The van der Waals surface area contributed by atoms with E-state index in [1.54, 1.807) is 11.3 Å². The number of hydrogen-bond donors (Lipinski definition) is 0. The lowest BCUT2D eigenvalue weighted by Gasteiger charge is -2.20. The zero-order chi connectivity index (χ0) is 12.1. The van der Waals surface area contributed by atoms with Gasteiger partial charge in [0.2, 0.25) is 0 Å². The number of thiophene rings is 1. The van der Waals surface area contributed by atoms with Crippen molar-refractivity contribution in [2.24, 2.45) is 5.92 Å². The summed E-state index contributed by atoms with van der Waals surface area (Å²) in [6.45, 7) is 6.48. The minimum atomic E-state index is 0.135. The Bertz CT molecular complexity index is 294. The van der Waals surface area contributed by atoms with Crippen LogP contribution in [0, 0.1) is 12.8 Å². The molecule has 92 valence electrons. The number of halogens is 2. The Hall–Kier alpha value is 0.280. The van der Waals surface area contributed by atoms with Crippen LogP contribution < -0.4 is 0 Å². The molecule has 1 rings (SSSR count). The molecule has 0 saturated heterocycles. The molecule has 1 aromatic rings. The summed E-state index contributed by atoms with van der Waals surface area (Å²) in [7, 11) is 0. The van der Waals surface area contributed by atoms with Crippen molar-refractivity contribution in [3.05, 3.63) is 20.8 Å². The number of rotatable bonds is 6. The third-order valence-corrected chi connectivity index (χ3v) is 5.24. The minimum absolute atomic E-state index is 0.135. The molecule has 0 aliphatic heterocycles. The monoisotopic (exact) mass is 278 g/mol. The van der Waals surface area contributed by atoms with Crippen LogP contribution in [0.2, 0.25) is 4.34 Å². The Morgan fingerprint density at radius 1 is 1.25 bits per heavy atom. The summed E-state index contributed by atoms with van der Waals surface area (Å²) in [5.74, 6) is 0.589. The highest BCUT2D eigenvalue weighted by molar-refractivity contribution is 7.16. The van der Waals surface area contributed by atoms with Crippen molar-refractivity contribution in [3.8, 4) is 0 Å². The summed E-state index contributed by atoms with van der Waals surface area (Å²) in [4.78, 5) is 1.23. The van der Waals surface area contributed by atoms with Crippen LogP contribution in [0.1, 0.15) is 55.3 Å². The predicted octanol–water partition coefficient (Wildman–Crippen LogP) is 6.21. The first-order valence-corrected chi connectivity index (χ1v) is 7.63. The molecule has 0 nitrogen and oxygen atoms in total. The largest absolute Gasteiger partial charge is 0.127 e. The first-order valence-electron chi connectivity index (χ1n) is 6.00. The van der Waals surface area contributed by atoms with Gasteiger partial charge in [-0.05, 0) is 37.3 Å². The van der Waals surface area contributed by atoms with Gasteiger partial charge in [-0.25, -0.2) is 0 Å². The molecule has 0 saturated carbocycles. The highest BCUT2D eigenvalue weighted by Gasteiger charge is 2.21. The third kappa shape index (κ3) is 3.65. The second-order valence-corrected chi connectivity index (χ2v) is 6.50. The van der Waals surface area contributed by atoms with Crippen LogP contribution in [0.4, 0.5) is 0 Å². The van der Waals surface area contributed by atoms with Crippen molar-refractivity contribution in [2.45, 2.75) is 51.8 Å². The van der Waals surface area contributed by atoms with E-state index in [1.807, 2.05) is 6.92 Å². The average molecular weight is 279 g/mol. The van der Waals surface area contributed by atoms with Crippen molar-refractivity contribution >= 4 is 34.5 Å². The van der Waals surface area contributed by atoms with Crippen LogP contribution in [-0.4, -0.2) is 0 Å². The van der Waals surface area contributed by atoms with Crippen LogP contribution in [0.5, 0.6) is 0 Å². The highest BCUT2D eigenvalue weighted by atomic mass is 35.5. The molecular formula is C13H20Cl2S. The van der Waals surface area contributed by atoms with E-state index in [-0.39, 0.29) is 5.38 Å². The molecule has 0 N–H and O–H groups in total. The second kappa shape index (κ2) is 6.88. The molecule has 1 aromatic heterocycles. The number of aryl methyl sites for hydroxylation is 1. The lowest BCUT2D eigenvalue weighted by molar-refractivity contribution is 0.429. The molecule has 16 heavy (non-hydrogen) atoms. The molecule has 1 heterocycles. The summed E-state index contributed by atoms with van der Waals surface area (Å²) < 4.78 is 0.882. The van der Waals surface area contributed by atoms with E-state index in [1.165, 1.54) is 30.6 Å². The molecule has 0 aromatic carbocycles. The van der Waals surface area contributed by atoms with Crippen molar-refractivity contribution in [1.82, 2.24) is 0 Å². The van der Waals surface area contributed by atoms with Crippen molar-refractivity contribution in [3.63, 3.8) is 0 Å². The summed E-state index contributed by atoms with van der Waals surface area (Å²) >= 11 is 14.3. The second-order valence-electron chi connectivity index (χ2n) is 4.34. The topological polar surface area (TPSA) is 0 Å². The molecule has 0 aliphatic rings. The first kappa shape index (κ1) is 14.3. The van der Waals surface area contributed by atoms with E-state index in [0.29, 0.717) is 5.92 Å². The molecule has 1 unspecified atom stereocenters. The molecule has 0 bridgehead atoms. The predicted molar refractivity (Wildman–Crippen MR) is 76.0 cm³/mol. The van der Waals surface area contributed by atoms with E-state index in [2.05, 4.69) is 19.9 Å². The molecule has 0 aliphatic carbocycles. The first-order chi connectivity index (χ1) is 7.60. The average Bonchev–Trinajstić information content (AvgIpc) is 2.58. The molecule has 0 radical (unpaired) electrons. The van der Waals surface area contributed by atoms with Crippen LogP contribution in [0.25, 0.3) is 0 Å². The molecule has 0 amide bonds. The van der Waals surface area contributed by atoms with E-state index in [4.69, 9.17) is 23.2 Å². The fourth-order valence-electron chi connectivity index (χ4n) is 2.03. The normalized spacial score (nSPS) is 13.4. The summed E-state index contributed by atoms with van der Waals surface area (Å²) in [6.07, 6.45) is 4.81. The van der Waals surface area contributed by atoms with E-state index < -0.39 is 0 Å². The van der Waals surface area contributed by atoms with Gasteiger partial charge in [0.15, 0.2) is 0 Å².